The van der Waals surface area contributed by atoms with Crippen LogP contribution in [0.15, 0.2) is 88.1 Å². The van der Waals surface area contributed by atoms with Gasteiger partial charge in [0, 0.05) is 51.2 Å². The summed E-state index contributed by atoms with van der Waals surface area (Å²) in [5.74, 6) is -2.45. The second-order valence-electron chi connectivity index (χ2n) is 12.1. The van der Waals surface area contributed by atoms with Gasteiger partial charge in [-0.25, -0.2) is 0 Å². The van der Waals surface area contributed by atoms with E-state index in [1.165, 1.54) is 23.1 Å². The van der Waals surface area contributed by atoms with Crippen LogP contribution in [0.4, 0.5) is 0 Å². The highest BCUT2D eigenvalue weighted by Crippen LogP contribution is 2.40. The molecule has 3 heterocycles. The van der Waals surface area contributed by atoms with E-state index in [1.807, 2.05) is 44.2 Å². The Morgan fingerprint density at radius 3 is 2.09 bits per heavy atom. The summed E-state index contributed by atoms with van der Waals surface area (Å²) in [5.41, 5.74) is 2.15. The molecule has 0 radical (unpaired) electrons. The van der Waals surface area contributed by atoms with Gasteiger partial charge in [-0.3, -0.25) is 34.2 Å². The highest BCUT2D eigenvalue weighted by molar-refractivity contribution is 6.07. The van der Waals surface area contributed by atoms with Crippen LogP contribution in [-0.2, 0) is 15.0 Å². The Morgan fingerprint density at radius 1 is 0.800 bits per heavy atom. The Bertz CT molecular complexity index is 2300. The van der Waals surface area contributed by atoms with Gasteiger partial charge in [-0.05, 0) is 54.8 Å². The van der Waals surface area contributed by atoms with E-state index in [0.717, 1.165) is 12.0 Å². The lowest BCUT2D eigenvalue weighted by Gasteiger charge is -2.36. The lowest BCUT2D eigenvalue weighted by Crippen LogP contribution is -2.44. The summed E-state index contributed by atoms with van der Waals surface area (Å²) in [6, 6.07) is 16.3. The zero-order chi connectivity index (χ0) is 31.6. The van der Waals surface area contributed by atoms with Crippen molar-refractivity contribution in [3.8, 4) is 0 Å². The molecular formula is C35H30N4O6. The third kappa shape index (κ3) is 4.31. The highest BCUT2D eigenvalue weighted by Gasteiger charge is 2.50. The summed E-state index contributed by atoms with van der Waals surface area (Å²) >= 11 is 0. The Labute approximate surface area is 256 Å². The number of hydrogen-bond acceptors (Lipinski definition) is 6. The summed E-state index contributed by atoms with van der Waals surface area (Å²) in [4.78, 5) is 72.7. The molecule has 3 aromatic carbocycles. The number of benzene rings is 3. The van der Waals surface area contributed by atoms with E-state index in [1.54, 1.807) is 24.3 Å². The van der Waals surface area contributed by atoms with Gasteiger partial charge in [-0.2, -0.15) is 0 Å². The molecule has 3 atom stereocenters. The monoisotopic (exact) mass is 602 g/mol. The molecule has 0 bridgehead atoms. The van der Waals surface area contributed by atoms with E-state index in [2.05, 4.69) is 9.97 Å². The normalized spacial score (nSPS) is 19.4. The van der Waals surface area contributed by atoms with Crippen LogP contribution in [0.2, 0.25) is 0 Å². The number of likely N-dealkylation sites (tertiary alicyclic amines) is 1. The van der Waals surface area contributed by atoms with Crippen molar-refractivity contribution in [3.63, 3.8) is 0 Å². The van der Waals surface area contributed by atoms with Crippen LogP contribution in [0.1, 0.15) is 38.7 Å². The molecule has 1 saturated heterocycles. The Balaban J connectivity index is 1.34. The predicted octanol–water partition coefficient (Wildman–Crippen LogP) is 5.46. The first kappa shape index (κ1) is 28.4. The van der Waals surface area contributed by atoms with E-state index < -0.39 is 28.1 Å². The Kier molecular flexibility index (Phi) is 6.54. The molecule has 3 unspecified atom stereocenters. The number of carbonyl (C=O) groups is 2. The number of nitro groups is 1. The minimum absolute atomic E-state index is 0.119. The number of hydrogen-bond donors (Lipinski definition) is 2. The largest absolute Gasteiger partial charge is 0.354 e. The van der Waals surface area contributed by atoms with Crippen molar-refractivity contribution in [1.29, 1.82) is 0 Å². The van der Waals surface area contributed by atoms with Gasteiger partial charge in [0.2, 0.25) is 11.8 Å². The number of pyridine rings is 2. The van der Waals surface area contributed by atoms with Gasteiger partial charge in [-0.1, -0.05) is 44.5 Å². The molecule has 7 rings (SSSR count). The van der Waals surface area contributed by atoms with Gasteiger partial charge in [-0.15, -0.1) is 0 Å². The fraction of sp³-hybridized carbons (Fsp3) is 0.257. The van der Waals surface area contributed by atoms with Crippen LogP contribution in [0.5, 0.6) is 0 Å². The molecule has 1 aliphatic carbocycles. The number of nitrogens with zero attached hydrogens (tertiary/aromatic N) is 2. The van der Waals surface area contributed by atoms with Crippen molar-refractivity contribution in [3.05, 3.63) is 115 Å². The maximum absolute atomic E-state index is 13.8. The molecule has 1 fully saturated rings. The van der Waals surface area contributed by atoms with Crippen LogP contribution in [0.25, 0.3) is 43.6 Å². The number of imide groups is 1. The zero-order valence-electron chi connectivity index (χ0n) is 24.8. The molecule has 0 saturated carbocycles. The van der Waals surface area contributed by atoms with Gasteiger partial charge in [0.15, 0.2) is 10.9 Å². The van der Waals surface area contributed by atoms with Crippen molar-refractivity contribution >= 4 is 55.4 Å². The number of para-hydroxylation sites is 1. The molecular weight excluding hydrogens is 572 g/mol. The van der Waals surface area contributed by atoms with Gasteiger partial charge in [0.05, 0.1) is 33.3 Å². The summed E-state index contributed by atoms with van der Waals surface area (Å²) in [5, 5.41) is 13.3. The molecule has 226 valence electrons. The molecule has 0 spiro atoms. The van der Waals surface area contributed by atoms with Gasteiger partial charge in [0.25, 0.3) is 5.70 Å². The first-order valence-electron chi connectivity index (χ1n) is 15.1. The molecule has 10 nitrogen and oxygen atoms in total. The van der Waals surface area contributed by atoms with Gasteiger partial charge >= 0.3 is 0 Å². The smallest absolute Gasteiger partial charge is 0.266 e. The number of allylic oxidation sites excluding steroid dienone is 1. The van der Waals surface area contributed by atoms with Crippen molar-refractivity contribution < 1.29 is 14.5 Å². The highest BCUT2D eigenvalue weighted by atomic mass is 16.6. The van der Waals surface area contributed by atoms with E-state index in [0.29, 0.717) is 56.5 Å². The first-order valence-corrected chi connectivity index (χ1v) is 15.1. The molecule has 2 aliphatic rings. The second kappa shape index (κ2) is 10.4. The van der Waals surface area contributed by atoms with Gasteiger partial charge < -0.3 is 9.97 Å². The Hall–Kier alpha value is -5.38. The van der Waals surface area contributed by atoms with Crippen LogP contribution >= 0.6 is 0 Å². The quantitative estimate of drug-likeness (QED) is 0.110. The molecule has 1 aliphatic heterocycles. The van der Waals surface area contributed by atoms with Crippen LogP contribution in [0.3, 0.4) is 0 Å². The molecule has 2 amide bonds. The average Bonchev–Trinajstić information content (AvgIpc) is 3.28. The summed E-state index contributed by atoms with van der Waals surface area (Å²) in [6.45, 7) is 4.16. The van der Waals surface area contributed by atoms with Crippen LogP contribution in [0, 0.1) is 22.0 Å². The van der Waals surface area contributed by atoms with E-state index in [9.17, 15) is 29.3 Å². The van der Waals surface area contributed by atoms with E-state index in [4.69, 9.17) is 0 Å². The third-order valence-electron chi connectivity index (χ3n) is 9.62. The maximum Gasteiger partial charge on any atom is 0.266 e. The van der Waals surface area contributed by atoms with E-state index >= 15 is 0 Å². The number of carbonyl (C=O) groups excluding carboxylic acids is 2. The number of aromatic amines is 2. The third-order valence-corrected chi connectivity index (χ3v) is 9.62. The van der Waals surface area contributed by atoms with Gasteiger partial charge in [0.1, 0.15) is 0 Å². The van der Waals surface area contributed by atoms with Crippen molar-refractivity contribution in [2.24, 2.45) is 11.8 Å². The molecule has 2 N–H and O–H groups in total. The van der Waals surface area contributed by atoms with Crippen LogP contribution < -0.4 is 10.9 Å². The van der Waals surface area contributed by atoms with Crippen LogP contribution in [-0.4, -0.2) is 38.2 Å². The summed E-state index contributed by atoms with van der Waals surface area (Å²) in [6.07, 6.45) is 6.07. The zero-order valence-corrected chi connectivity index (χ0v) is 24.8. The number of aromatic nitrogens is 2. The molecule has 45 heavy (non-hydrogen) atoms. The maximum atomic E-state index is 13.8. The summed E-state index contributed by atoms with van der Waals surface area (Å²) in [7, 11) is 0. The standard InChI is InChI=1S/C35H30N4O6/c1-3-13-35(4-2,18-38-33(42)21-12-10-20(39(44)45)15-24(21)34(38)43)19-9-11-23-28(14-19)37-30-17-25-29(16-26(30)32(23)41)36-27-8-6-5-7-22(27)31(25)40/h5-12,14-17,21,24H,3-4,13,18H2,1-2H3,(H,36,40)(H,37,41). The fourth-order valence-corrected chi connectivity index (χ4v) is 7.19. The van der Waals surface area contributed by atoms with E-state index in [-0.39, 0.29) is 29.0 Å². The lowest BCUT2D eigenvalue weighted by atomic mass is 9.74. The topological polar surface area (TPSA) is 146 Å². The minimum Gasteiger partial charge on any atom is -0.354 e. The average molecular weight is 603 g/mol. The number of rotatable bonds is 7. The number of fused-ring (bicyclic) bond motifs is 5. The predicted molar refractivity (Wildman–Crippen MR) is 173 cm³/mol. The van der Waals surface area contributed by atoms with Crippen molar-refractivity contribution in [2.45, 2.75) is 38.5 Å². The molecule has 10 heteroatoms. The fourth-order valence-electron chi connectivity index (χ4n) is 7.19. The lowest BCUT2D eigenvalue weighted by molar-refractivity contribution is -0.419. The molecule has 2 aromatic heterocycles. The Morgan fingerprint density at radius 2 is 1.42 bits per heavy atom. The number of amides is 2. The van der Waals surface area contributed by atoms with Crippen molar-refractivity contribution in [1.82, 2.24) is 14.9 Å². The second-order valence-corrected chi connectivity index (χ2v) is 12.1. The number of H-pyrrole nitrogens is 2. The van der Waals surface area contributed by atoms with Crippen molar-refractivity contribution in [2.75, 3.05) is 6.54 Å². The minimum atomic E-state index is -0.895. The SMILES string of the molecule is CCCC(CC)(CN1C(=O)C2C=CC([N+](=O)[O-])=CC2C1=O)c1ccc2c(=O)c3cc4[nH]c5ccccc5c(=O)c4cc3[nH]c2c1. The number of nitrogens with one attached hydrogen (secondary N) is 2. The summed E-state index contributed by atoms with van der Waals surface area (Å²) < 4.78 is 0. The molecule has 5 aromatic rings. The first-order chi connectivity index (χ1) is 21.7.